The van der Waals surface area contributed by atoms with Gasteiger partial charge in [0.2, 0.25) is 65.0 Å². The molecular weight excluding hydrogens is 1340 g/mol. The average Bonchev–Trinajstić information content (AvgIpc) is 1.56. The van der Waals surface area contributed by atoms with Crippen LogP contribution in [0.2, 0.25) is 0 Å². The molecule has 11 amide bonds. The van der Waals surface area contributed by atoms with E-state index in [1.54, 1.807) is 20.8 Å². The van der Waals surface area contributed by atoms with Crippen molar-refractivity contribution >= 4 is 65.0 Å². The van der Waals surface area contributed by atoms with E-state index in [4.69, 9.17) is 0 Å². The number of hydrogen-bond acceptors (Lipinski definition) is 11. The number of halogens is 10. The summed E-state index contributed by atoms with van der Waals surface area (Å²) in [6.07, 6.45) is -10.8. The van der Waals surface area contributed by atoms with Crippen molar-refractivity contribution in [1.82, 2.24) is 55.1 Å². The molecule has 3 N–H and O–H groups in total. The third-order valence-corrected chi connectivity index (χ3v) is 19.9. The molecule has 2 saturated carbocycles. The SMILES string of the molecule is CC[C@H](C)[C@@H]1NC(=O)[C@H](CC(C)C)N(C)C(=O)C[C@@H](C)N(C)C(=O)[C@H](C2CCCC2)N(C)C(=O)C2(CCCC2)NC(=O)[C@@H]2CC(F)(F)CN2C(=O)[C@H](CCc2cc(F)c(C(F)(F)F)c(F)c2)NC(=O)CN(C)C(=O)[C@H](Cc2ccc(C(F)(F)F)cc2)N(C)C(=O)CN(C)C(=O)CN(C)C1=O. The van der Waals surface area contributed by atoms with Gasteiger partial charge in [0.25, 0.3) is 5.92 Å². The molecule has 100 heavy (non-hydrogen) atoms. The maximum atomic E-state index is 16.0. The highest BCUT2D eigenvalue weighted by molar-refractivity contribution is 5.99. The van der Waals surface area contributed by atoms with Gasteiger partial charge in [0.1, 0.15) is 59.0 Å². The molecule has 556 valence electrons. The van der Waals surface area contributed by atoms with Crippen LogP contribution >= 0.6 is 0 Å². The number of rotatable bonds is 10. The molecule has 22 nitrogen and oxygen atoms in total. The first-order chi connectivity index (χ1) is 46.4. The molecule has 0 unspecified atom stereocenters. The normalized spacial score (nSPS) is 25.5. The minimum atomic E-state index is -5.50. The number of hydrogen-bond donors (Lipinski definition) is 3. The van der Waals surface area contributed by atoms with E-state index in [1.165, 1.54) is 49.9 Å². The molecule has 4 fully saturated rings. The van der Waals surface area contributed by atoms with Crippen LogP contribution < -0.4 is 16.0 Å². The molecule has 1 spiro atoms. The van der Waals surface area contributed by atoms with Crippen LogP contribution in [0.4, 0.5) is 43.9 Å². The van der Waals surface area contributed by atoms with Crippen molar-refractivity contribution in [3.8, 4) is 0 Å². The first kappa shape index (κ1) is 80.9. The Bertz CT molecular complexity index is 3320. The van der Waals surface area contributed by atoms with Gasteiger partial charge in [0.05, 0.1) is 31.7 Å². The van der Waals surface area contributed by atoms with Crippen LogP contribution in [0.15, 0.2) is 36.4 Å². The predicted molar refractivity (Wildman–Crippen MR) is 343 cm³/mol. The molecule has 0 aromatic heterocycles. The van der Waals surface area contributed by atoms with E-state index in [1.807, 2.05) is 13.8 Å². The second-order valence-corrected chi connectivity index (χ2v) is 27.9. The molecule has 6 rings (SSSR count). The van der Waals surface area contributed by atoms with Crippen LogP contribution in [0.5, 0.6) is 0 Å². The highest BCUT2D eigenvalue weighted by Crippen LogP contribution is 2.40. The van der Waals surface area contributed by atoms with E-state index >= 15 is 27.2 Å². The van der Waals surface area contributed by atoms with Crippen LogP contribution in [0, 0.1) is 29.4 Å². The number of nitrogens with one attached hydrogen (secondary N) is 3. The van der Waals surface area contributed by atoms with Gasteiger partial charge in [0, 0.05) is 74.6 Å². The number of aryl methyl sites for hydroxylation is 1. The Morgan fingerprint density at radius 1 is 0.610 bits per heavy atom. The smallest absolute Gasteiger partial charge is 0.343 e. The van der Waals surface area contributed by atoms with E-state index in [9.17, 15) is 69.5 Å². The van der Waals surface area contributed by atoms with E-state index < -0.39 is 223 Å². The largest absolute Gasteiger partial charge is 0.422 e. The summed E-state index contributed by atoms with van der Waals surface area (Å²) in [5, 5.41) is 7.76. The molecule has 2 heterocycles. The van der Waals surface area contributed by atoms with E-state index in [2.05, 4.69) is 16.0 Å². The summed E-state index contributed by atoms with van der Waals surface area (Å²) >= 11 is 0. The van der Waals surface area contributed by atoms with Crippen molar-refractivity contribution < 1.29 is 96.6 Å². The van der Waals surface area contributed by atoms with Gasteiger partial charge in [-0.2, -0.15) is 26.3 Å². The Hall–Kier alpha value is -8.09. The Balaban J connectivity index is 1.44. The third-order valence-electron chi connectivity index (χ3n) is 19.9. The zero-order valence-electron chi connectivity index (χ0n) is 58.5. The zero-order chi connectivity index (χ0) is 75.0. The zero-order valence-corrected chi connectivity index (χ0v) is 58.5. The number of carbonyl (C=O) groups is 11. The predicted octanol–water partition coefficient (Wildman–Crippen LogP) is 6.20. The fourth-order valence-corrected chi connectivity index (χ4v) is 13.6. The van der Waals surface area contributed by atoms with Crippen LogP contribution in [0.3, 0.4) is 0 Å². The average molecular weight is 1430 g/mol. The lowest BCUT2D eigenvalue weighted by Gasteiger charge is -2.41. The van der Waals surface area contributed by atoms with Crippen LogP contribution in [-0.4, -0.2) is 233 Å². The second kappa shape index (κ2) is 33.1. The van der Waals surface area contributed by atoms with Crippen LogP contribution in [0.25, 0.3) is 0 Å². The molecule has 2 saturated heterocycles. The fourth-order valence-electron chi connectivity index (χ4n) is 13.6. The first-order valence-electron chi connectivity index (χ1n) is 33.5. The molecule has 2 aromatic carbocycles. The topological polar surface area (TPSA) is 250 Å². The summed E-state index contributed by atoms with van der Waals surface area (Å²) in [6.45, 7) is 4.63. The minimum absolute atomic E-state index is 0.0446. The Labute approximate surface area is 575 Å². The molecule has 8 atom stereocenters. The first-order valence-corrected chi connectivity index (χ1v) is 33.5. The van der Waals surface area contributed by atoms with Crippen LogP contribution in [-0.2, 0) is 77.9 Å². The summed E-state index contributed by atoms with van der Waals surface area (Å²) < 4.78 is 144. The lowest BCUT2D eigenvalue weighted by molar-refractivity contribution is -0.153. The van der Waals surface area contributed by atoms with Crippen LogP contribution in [0.1, 0.15) is 140 Å². The maximum Gasteiger partial charge on any atom is 0.422 e. The molecule has 4 aliphatic rings. The summed E-state index contributed by atoms with van der Waals surface area (Å²) in [4.78, 5) is 169. The molecule has 2 aliphatic heterocycles. The molecular formula is C68H93F10N11O11. The van der Waals surface area contributed by atoms with E-state index in [0.717, 1.165) is 40.9 Å². The summed E-state index contributed by atoms with van der Waals surface area (Å²) in [5.74, 6) is -19.4. The monoisotopic (exact) mass is 1430 g/mol. The summed E-state index contributed by atoms with van der Waals surface area (Å²) in [6, 6.07) is -6.40. The maximum absolute atomic E-state index is 16.0. The summed E-state index contributed by atoms with van der Waals surface area (Å²) in [5.41, 5.74) is -5.67. The Kier molecular flexibility index (Phi) is 26.8. The number of carbonyl (C=O) groups excluding carboxylic acids is 11. The van der Waals surface area contributed by atoms with E-state index in [0.29, 0.717) is 79.0 Å². The van der Waals surface area contributed by atoms with Crippen molar-refractivity contribution in [2.75, 3.05) is 75.5 Å². The minimum Gasteiger partial charge on any atom is -0.343 e. The lowest BCUT2D eigenvalue weighted by atomic mass is 9.90. The number of benzene rings is 2. The van der Waals surface area contributed by atoms with Crippen molar-refractivity contribution in [1.29, 1.82) is 0 Å². The Morgan fingerprint density at radius 3 is 1.72 bits per heavy atom. The summed E-state index contributed by atoms with van der Waals surface area (Å²) in [7, 11) is 8.83. The number of likely N-dealkylation sites (N-methyl/N-ethyl adjacent to an activating group) is 7. The van der Waals surface area contributed by atoms with Gasteiger partial charge in [-0.05, 0) is 105 Å². The molecule has 32 heteroatoms. The second-order valence-electron chi connectivity index (χ2n) is 27.9. The number of fused-ring (bicyclic) bond motifs is 1. The standard InChI is InChI=1S/C68H93F10N11O11/c1-13-39(4)56-62(98)84(8)35-53(92)82(6)36-54(93)87(11)49(32-41-20-23-44(24-21-41)67(73,74)75)61(97)83(7)34-51(90)79-47(25-22-42-30-45(69)55(46(70)31-42)68(76,77)78)60(96)89-37-66(71,72)33-50(89)59(95)81-65(26-16-17-27-65)64(100)88(12)57(43-18-14-15-19-43)63(99)85(9)40(5)29-52(91)86(10)48(28-38(2)3)58(94)80-56/h20-21,23-24,30-31,38-40,43,47-50,56-57H,13-19,22,25-29,32-37H2,1-12H3,(H,79,90)(H,80,94)(H,81,95)/t39-,40+,47-,48-,49-,50-,56-,57-/m0/s1. The van der Waals surface area contributed by atoms with Gasteiger partial charge in [-0.15, -0.1) is 0 Å². The quantitative estimate of drug-likeness (QED) is 0.226. The molecule has 2 aromatic rings. The number of nitrogens with zero attached hydrogens (tertiary/aromatic N) is 8. The fraction of sp³-hybridized carbons (Fsp3) is 0.662. The van der Waals surface area contributed by atoms with Crippen molar-refractivity contribution in [2.24, 2.45) is 17.8 Å². The lowest BCUT2D eigenvalue weighted by Crippen LogP contribution is -2.64. The van der Waals surface area contributed by atoms with Crippen molar-refractivity contribution in [2.45, 2.75) is 197 Å². The van der Waals surface area contributed by atoms with Gasteiger partial charge >= 0.3 is 12.4 Å². The van der Waals surface area contributed by atoms with Crippen molar-refractivity contribution in [3.63, 3.8) is 0 Å². The third kappa shape index (κ3) is 19.7. The highest BCUT2D eigenvalue weighted by atomic mass is 19.4. The van der Waals surface area contributed by atoms with Gasteiger partial charge in [-0.1, -0.05) is 71.9 Å². The van der Waals surface area contributed by atoms with Gasteiger partial charge in [-0.25, -0.2) is 17.6 Å². The van der Waals surface area contributed by atoms with Gasteiger partial charge in [-0.3, -0.25) is 52.7 Å². The Morgan fingerprint density at radius 2 is 1.17 bits per heavy atom. The van der Waals surface area contributed by atoms with E-state index in [-0.39, 0.29) is 37.2 Å². The highest BCUT2D eigenvalue weighted by Gasteiger charge is 2.55. The number of amides is 11. The number of alkyl halides is 8. The van der Waals surface area contributed by atoms with Crippen molar-refractivity contribution in [3.05, 3.63) is 70.3 Å². The van der Waals surface area contributed by atoms with Gasteiger partial charge < -0.3 is 55.1 Å². The molecule has 0 radical (unpaired) electrons. The molecule has 0 bridgehead atoms. The molecule has 2 aliphatic carbocycles. The van der Waals surface area contributed by atoms with Gasteiger partial charge in [0.15, 0.2) is 0 Å².